The summed E-state index contributed by atoms with van der Waals surface area (Å²) >= 11 is 0. The summed E-state index contributed by atoms with van der Waals surface area (Å²) in [4.78, 5) is 24.7. The third kappa shape index (κ3) is 5.78. The number of esters is 2. The summed E-state index contributed by atoms with van der Waals surface area (Å²) in [6, 6.07) is 11.0. The van der Waals surface area contributed by atoms with Crippen LogP contribution in [0.2, 0.25) is 0 Å². The van der Waals surface area contributed by atoms with Crippen LogP contribution in [0.5, 0.6) is 0 Å². The van der Waals surface area contributed by atoms with Crippen LogP contribution < -0.4 is 0 Å². The number of hydrogen-bond acceptors (Lipinski definition) is 3. The summed E-state index contributed by atoms with van der Waals surface area (Å²) in [6.45, 7) is 8.29. The quantitative estimate of drug-likeness (QED) is 0.426. The molecular formula is C24H30O3. The molecule has 2 aromatic rings. The van der Waals surface area contributed by atoms with Crippen LogP contribution in [0.25, 0.3) is 0 Å². The van der Waals surface area contributed by atoms with Crippen molar-refractivity contribution in [3.63, 3.8) is 0 Å². The number of carbonyl (C=O) groups excluding carboxylic acids is 2. The van der Waals surface area contributed by atoms with Crippen molar-refractivity contribution in [2.75, 3.05) is 0 Å². The molecule has 0 amide bonds. The summed E-state index contributed by atoms with van der Waals surface area (Å²) in [6.07, 6.45) is 6.51. The van der Waals surface area contributed by atoms with Gasteiger partial charge >= 0.3 is 11.9 Å². The molecule has 0 saturated carbocycles. The van der Waals surface area contributed by atoms with E-state index in [1.165, 1.54) is 11.1 Å². The molecule has 0 N–H and O–H groups in total. The van der Waals surface area contributed by atoms with Gasteiger partial charge in [-0.15, -0.1) is 0 Å². The van der Waals surface area contributed by atoms with Crippen molar-refractivity contribution in [3.05, 3.63) is 69.8 Å². The number of hydrogen-bond donors (Lipinski definition) is 0. The van der Waals surface area contributed by atoms with Crippen molar-refractivity contribution >= 4 is 11.9 Å². The van der Waals surface area contributed by atoms with Gasteiger partial charge in [0.2, 0.25) is 0 Å². The first kappa shape index (κ1) is 20.9. The largest absolute Gasteiger partial charge is 0.386 e. The van der Waals surface area contributed by atoms with Gasteiger partial charge in [-0.25, -0.2) is 9.59 Å². The van der Waals surface area contributed by atoms with Crippen molar-refractivity contribution in [1.82, 2.24) is 0 Å². The molecule has 0 unspecified atom stereocenters. The maximum absolute atomic E-state index is 12.4. The van der Waals surface area contributed by atoms with Gasteiger partial charge in [0.05, 0.1) is 11.1 Å². The number of unbranched alkanes of at least 4 members (excludes halogenated alkanes) is 2. The first-order valence-electron chi connectivity index (χ1n) is 9.91. The van der Waals surface area contributed by atoms with E-state index in [0.29, 0.717) is 11.1 Å². The number of aryl methyl sites for hydroxylation is 4. The number of ether oxygens (including phenoxy) is 1. The van der Waals surface area contributed by atoms with Gasteiger partial charge in [-0.2, -0.15) is 0 Å². The van der Waals surface area contributed by atoms with E-state index in [9.17, 15) is 9.59 Å². The van der Waals surface area contributed by atoms with Gasteiger partial charge in [-0.05, 0) is 86.1 Å². The summed E-state index contributed by atoms with van der Waals surface area (Å²) in [5, 5.41) is 0. The first-order chi connectivity index (χ1) is 13.0. The fourth-order valence-electron chi connectivity index (χ4n) is 3.14. The highest BCUT2D eigenvalue weighted by molar-refractivity contribution is 6.02. The molecule has 144 valence electrons. The molecule has 0 aliphatic carbocycles. The van der Waals surface area contributed by atoms with E-state index in [1.807, 2.05) is 26.0 Å². The molecule has 2 rings (SSSR count). The molecule has 0 atom stereocenters. The molecule has 0 aliphatic rings. The smallest absolute Gasteiger partial charge is 0.346 e. The SMILES string of the molecule is CCCCc1ccc(C(=O)OC(=O)c2ccc(CCCC)c(C)c2)cc1C. The molecule has 0 radical (unpaired) electrons. The average molecular weight is 367 g/mol. The lowest BCUT2D eigenvalue weighted by Gasteiger charge is -2.09. The molecule has 0 fully saturated rings. The lowest BCUT2D eigenvalue weighted by atomic mass is 10.00. The normalized spacial score (nSPS) is 10.7. The zero-order valence-corrected chi connectivity index (χ0v) is 16.9. The Morgan fingerprint density at radius 1 is 0.741 bits per heavy atom. The zero-order valence-electron chi connectivity index (χ0n) is 16.9. The molecule has 27 heavy (non-hydrogen) atoms. The van der Waals surface area contributed by atoms with E-state index in [-0.39, 0.29) is 0 Å². The predicted molar refractivity (Wildman–Crippen MR) is 109 cm³/mol. The fourth-order valence-corrected chi connectivity index (χ4v) is 3.14. The standard InChI is InChI=1S/C24H30O3/c1-5-7-9-19-11-13-21(15-17(19)3)23(25)27-24(26)22-14-12-20(10-8-6-2)18(4)16-22/h11-16H,5-10H2,1-4H3. The third-order valence-corrected chi connectivity index (χ3v) is 4.94. The minimum atomic E-state index is -0.599. The van der Waals surface area contributed by atoms with E-state index in [1.54, 1.807) is 24.3 Å². The van der Waals surface area contributed by atoms with Crippen molar-refractivity contribution in [3.8, 4) is 0 Å². The van der Waals surface area contributed by atoms with Crippen molar-refractivity contribution in [1.29, 1.82) is 0 Å². The van der Waals surface area contributed by atoms with E-state index in [4.69, 9.17) is 4.74 Å². The van der Waals surface area contributed by atoms with Gasteiger partial charge in [0, 0.05) is 0 Å². The molecule has 0 heterocycles. The molecule has 3 nitrogen and oxygen atoms in total. The van der Waals surface area contributed by atoms with Crippen LogP contribution in [-0.2, 0) is 17.6 Å². The second-order valence-corrected chi connectivity index (χ2v) is 7.17. The molecular weight excluding hydrogens is 336 g/mol. The molecule has 2 aromatic carbocycles. The zero-order chi connectivity index (χ0) is 19.8. The summed E-state index contributed by atoms with van der Waals surface area (Å²) < 4.78 is 5.10. The Bertz CT molecular complexity index is 738. The van der Waals surface area contributed by atoms with Crippen LogP contribution in [0.15, 0.2) is 36.4 Å². The summed E-state index contributed by atoms with van der Waals surface area (Å²) in [5.74, 6) is -1.20. The second kappa shape index (κ2) is 10.1. The highest BCUT2D eigenvalue weighted by Gasteiger charge is 2.16. The van der Waals surface area contributed by atoms with Crippen molar-refractivity contribution < 1.29 is 14.3 Å². The summed E-state index contributed by atoms with van der Waals surface area (Å²) in [7, 11) is 0. The van der Waals surface area contributed by atoms with Gasteiger partial charge in [-0.3, -0.25) is 0 Å². The van der Waals surface area contributed by atoms with Crippen LogP contribution in [0.3, 0.4) is 0 Å². The van der Waals surface area contributed by atoms with E-state index in [2.05, 4.69) is 13.8 Å². The third-order valence-electron chi connectivity index (χ3n) is 4.94. The molecule has 3 heteroatoms. The van der Waals surface area contributed by atoms with Crippen LogP contribution in [0, 0.1) is 13.8 Å². The van der Waals surface area contributed by atoms with Gasteiger partial charge in [0.25, 0.3) is 0 Å². The van der Waals surface area contributed by atoms with Gasteiger partial charge in [0.15, 0.2) is 0 Å². The predicted octanol–water partition coefficient (Wildman–Crippen LogP) is 5.99. The van der Waals surface area contributed by atoms with Crippen molar-refractivity contribution in [2.45, 2.75) is 66.2 Å². The van der Waals surface area contributed by atoms with Crippen LogP contribution in [0.4, 0.5) is 0 Å². The topological polar surface area (TPSA) is 43.4 Å². The number of rotatable bonds is 8. The number of benzene rings is 2. The highest BCUT2D eigenvalue weighted by atomic mass is 16.6. The van der Waals surface area contributed by atoms with Crippen LogP contribution in [-0.4, -0.2) is 11.9 Å². The Hall–Kier alpha value is -2.42. The monoisotopic (exact) mass is 366 g/mol. The van der Waals surface area contributed by atoms with Gasteiger partial charge < -0.3 is 4.74 Å². The lowest BCUT2D eigenvalue weighted by molar-refractivity contribution is 0.0397. The lowest BCUT2D eigenvalue weighted by Crippen LogP contribution is -2.13. The Morgan fingerprint density at radius 3 is 1.48 bits per heavy atom. The maximum atomic E-state index is 12.4. The summed E-state index contributed by atoms with van der Waals surface area (Å²) in [5.41, 5.74) is 5.41. The van der Waals surface area contributed by atoms with E-state index in [0.717, 1.165) is 49.7 Å². The molecule has 0 saturated heterocycles. The van der Waals surface area contributed by atoms with E-state index >= 15 is 0 Å². The average Bonchev–Trinajstić information content (AvgIpc) is 2.65. The first-order valence-corrected chi connectivity index (χ1v) is 9.91. The Balaban J connectivity index is 2.06. The van der Waals surface area contributed by atoms with Crippen molar-refractivity contribution in [2.24, 2.45) is 0 Å². The van der Waals surface area contributed by atoms with Crippen LogP contribution >= 0.6 is 0 Å². The minimum absolute atomic E-state index is 0.414. The number of carbonyl (C=O) groups is 2. The Morgan fingerprint density at radius 2 is 1.15 bits per heavy atom. The molecule has 0 aliphatic heterocycles. The molecule has 0 bridgehead atoms. The minimum Gasteiger partial charge on any atom is -0.386 e. The highest BCUT2D eigenvalue weighted by Crippen LogP contribution is 2.17. The Kier molecular flexibility index (Phi) is 7.78. The molecule has 0 spiro atoms. The van der Waals surface area contributed by atoms with Crippen LogP contribution in [0.1, 0.15) is 82.5 Å². The second-order valence-electron chi connectivity index (χ2n) is 7.17. The molecule has 0 aromatic heterocycles. The Labute approximate surface area is 162 Å². The van der Waals surface area contributed by atoms with E-state index < -0.39 is 11.9 Å². The van der Waals surface area contributed by atoms with Gasteiger partial charge in [0.1, 0.15) is 0 Å². The fraction of sp³-hybridized carbons (Fsp3) is 0.417. The van der Waals surface area contributed by atoms with Gasteiger partial charge in [-0.1, -0.05) is 38.8 Å². The maximum Gasteiger partial charge on any atom is 0.346 e.